The van der Waals surface area contributed by atoms with Gasteiger partial charge >= 0.3 is 0 Å². The highest BCUT2D eigenvalue weighted by Crippen LogP contribution is 2.16. The Morgan fingerprint density at radius 3 is 2.37 bits per heavy atom. The van der Waals surface area contributed by atoms with Gasteiger partial charge in [0.25, 0.3) is 0 Å². The average Bonchev–Trinajstić information content (AvgIpc) is 3.10. The van der Waals surface area contributed by atoms with Crippen LogP contribution in [0.3, 0.4) is 0 Å². The highest BCUT2D eigenvalue weighted by molar-refractivity contribution is 7.98. The molecule has 0 spiro atoms. The lowest BCUT2D eigenvalue weighted by atomic mass is 10.1. The molecule has 0 aliphatic heterocycles. The molecule has 0 radical (unpaired) electrons. The van der Waals surface area contributed by atoms with E-state index in [1.165, 1.54) is 0 Å². The fourth-order valence-electron chi connectivity index (χ4n) is 2.58. The lowest BCUT2D eigenvalue weighted by molar-refractivity contribution is 0.344. The molecule has 6 nitrogen and oxygen atoms in total. The van der Waals surface area contributed by atoms with E-state index in [1.807, 2.05) is 50.5 Å². The number of hydrogen-bond donors (Lipinski definition) is 1. The van der Waals surface area contributed by atoms with Crippen LogP contribution in [-0.2, 0) is 18.7 Å². The molecule has 0 unspecified atom stereocenters. The van der Waals surface area contributed by atoms with Gasteiger partial charge in [0.1, 0.15) is 11.5 Å². The molecule has 0 aliphatic carbocycles. The van der Waals surface area contributed by atoms with Gasteiger partial charge in [0, 0.05) is 43.5 Å². The Morgan fingerprint density at radius 1 is 0.967 bits per heavy atom. The summed E-state index contributed by atoms with van der Waals surface area (Å²) in [5.74, 6) is 4.53. The van der Waals surface area contributed by atoms with Gasteiger partial charge in [-0.1, -0.05) is 6.07 Å². The summed E-state index contributed by atoms with van der Waals surface area (Å²) in [7, 11) is 4.08. The van der Waals surface area contributed by atoms with Gasteiger partial charge in [0.2, 0.25) is 5.95 Å². The minimum absolute atomic E-state index is 0. The first-order chi connectivity index (χ1) is 13.2. The number of thioether (sulfide) groups is 1. The quantitative estimate of drug-likeness (QED) is 0.410. The predicted octanol–water partition coefficient (Wildman–Crippen LogP) is 4.73. The second-order valence-electron chi connectivity index (χ2n) is 6.54. The average molecular weight is 493 g/mol. The van der Waals surface area contributed by atoms with Crippen LogP contribution in [0, 0.1) is 0 Å². The maximum atomic E-state index is 5.81. The van der Waals surface area contributed by atoms with Crippen LogP contribution in [0.15, 0.2) is 53.5 Å². The minimum atomic E-state index is 0. The molecular formula is C20H28Cl3N5OS. The summed E-state index contributed by atoms with van der Waals surface area (Å²) in [6, 6.07) is 8.10. The lowest BCUT2D eigenvalue weighted by Gasteiger charge is -2.06. The van der Waals surface area contributed by atoms with Crippen molar-refractivity contribution in [3.8, 4) is 0 Å². The molecule has 166 valence electrons. The van der Waals surface area contributed by atoms with Crippen molar-refractivity contribution in [1.82, 2.24) is 19.9 Å². The first-order valence-corrected chi connectivity index (χ1v) is 10.1. The number of aromatic nitrogens is 3. The number of anilines is 1. The molecule has 10 heteroatoms. The van der Waals surface area contributed by atoms with E-state index in [9.17, 15) is 0 Å². The molecule has 3 aromatic rings. The van der Waals surface area contributed by atoms with Gasteiger partial charge in [-0.05, 0) is 43.4 Å². The van der Waals surface area contributed by atoms with Crippen molar-refractivity contribution in [2.45, 2.75) is 18.7 Å². The van der Waals surface area contributed by atoms with E-state index >= 15 is 0 Å². The van der Waals surface area contributed by atoms with Crippen LogP contribution in [0.25, 0.3) is 0 Å². The Hall–Kier alpha value is -1.51. The van der Waals surface area contributed by atoms with Crippen molar-refractivity contribution in [3.05, 3.63) is 71.7 Å². The van der Waals surface area contributed by atoms with Crippen LogP contribution >= 0.6 is 49.0 Å². The highest BCUT2D eigenvalue weighted by atomic mass is 35.5. The molecule has 3 heterocycles. The third-order valence-corrected chi connectivity index (χ3v) is 4.78. The Morgan fingerprint density at radius 2 is 1.70 bits per heavy atom. The predicted molar refractivity (Wildman–Crippen MR) is 132 cm³/mol. The van der Waals surface area contributed by atoms with Crippen molar-refractivity contribution >= 4 is 54.9 Å². The number of nitrogens with zero attached hydrogens (tertiary/aromatic N) is 4. The van der Waals surface area contributed by atoms with Crippen LogP contribution in [0.5, 0.6) is 0 Å². The van der Waals surface area contributed by atoms with Crippen molar-refractivity contribution in [1.29, 1.82) is 0 Å². The van der Waals surface area contributed by atoms with Crippen LogP contribution in [0.2, 0.25) is 0 Å². The summed E-state index contributed by atoms with van der Waals surface area (Å²) in [6.45, 7) is 1.65. The van der Waals surface area contributed by atoms with Gasteiger partial charge in [0.05, 0.1) is 12.3 Å². The number of pyridine rings is 1. The standard InChI is InChI=1S/C20H25N5OS.3ClH/c1-25(2)14-18-5-6-19(26-18)15-27-9-8-22-20-23-12-17(13-24-20)10-16-4-3-7-21-11-16;;;/h3-7,11-13H,8-10,14-15H2,1-2H3,(H,22,23,24);3*1H. The lowest BCUT2D eigenvalue weighted by Crippen LogP contribution is -2.09. The van der Waals surface area contributed by atoms with Gasteiger partial charge in [0.15, 0.2) is 0 Å². The molecule has 0 atom stereocenters. The van der Waals surface area contributed by atoms with Crippen LogP contribution in [0.1, 0.15) is 22.6 Å². The molecule has 3 rings (SSSR count). The van der Waals surface area contributed by atoms with E-state index in [1.54, 1.807) is 6.20 Å². The van der Waals surface area contributed by atoms with Crippen LogP contribution in [-0.4, -0.2) is 46.2 Å². The van der Waals surface area contributed by atoms with E-state index in [0.29, 0.717) is 5.95 Å². The van der Waals surface area contributed by atoms with Gasteiger partial charge in [-0.15, -0.1) is 37.2 Å². The van der Waals surface area contributed by atoms with Crippen molar-refractivity contribution in [2.75, 3.05) is 31.7 Å². The Kier molecular flexibility index (Phi) is 14.5. The number of rotatable bonds is 10. The highest BCUT2D eigenvalue weighted by Gasteiger charge is 2.04. The maximum absolute atomic E-state index is 5.81. The Balaban J connectivity index is 0.00000280. The molecule has 0 saturated heterocycles. The summed E-state index contributed by atoms with van der Waals surface area (Å²) < 4.78 is 5.81. The molecule has 0 aromatic carbocycles. The summed E-state index contributed by atoms with van der Waals surface area (Å²) in [4.78, 5) is 15.0. The molecule has 0 fully saturated rings. The Bertz CT molecular complexity index is 819. The molecular weight excluding hydrogens is 465 g/mol. The summed E-state index contributed by atoms with van der Waals surface area (Å²) in [5, 5.41) is 3.26. The Labute approximate surface area is 200 Å². The van der Waals surface area contributed by atoms with E-state index in [0.717, 1.165) is 53.7 Å². The fourth-order valence-corrected chi connectivity index (χ4v) is 3.33. The zero-order valence-electron chi connectivity index (χ0n) is 17.0. The van der Waals surface area contributed by atoms with Gasteiger partial charge in [-0.2, -0.15) is 11.8 Å². The SMILES string of the molecule is CN(C)Cc1ccc(CSCCNc2ncc(Cc3cccnc3)cn2)o1.Cl.Cl.Cl. The topological polar surface area (TPSA) is 67.1 Å². The van der Waals surface area contributed by atoms with E-state index < -0.39 is 0 Å². The summed E-state index contributed by atoms with van der Waals surface area (Å²) in [6.07, 6.45) is 8.17. The van der Waals surface area contributed by atoms with E-state index in [-0.39, 0.29) is 37.2 Å². The third kappa shape index (κ3) is 10.00. The molecule has 0 amide bonds. The molecule has 3 aromatic heterocycles. The van der Waals surface area contributed by atoms with E-state index in [2.05, 4.69) is 43.4 Å². The molecule has 1 N–H and O–H groups in total. The van der Waals surface area contributed by atoms with Crippen molar-refractivity contribution in [2.24, 2.45) is 0 Å². The van der Waals surface area contributed by atoms with Crippen LogP contribution in [0.4, 0.5) is 5.95 Å². The zero-order chi connectivity index (χ0) is 18.9. The maximum Gasteiger partial charge on any atom is 0.222 e. The van der Waals surface area contributed by atoms with Crippen molar-refractivity contribution < 1.29 is 4.42 Å². The summed E-state index contributed by atoms with van der Waals surface area (Å²) in [5.41, 5.74) is 2.24. The number of furan rings is 1. The largest absolute Gasteiger partial charge is 0.464 e. The molecule has 0 aliphatic rings. The van der Waals surface area contributed by atoms with E-state index in [4.69, 9.17) is 4.42 Å². The van der Waals surface area contributed by atoms with Gasteiger partial charge in [-0.25, -0.2) is 9.97 Å². The second-order valence-corrected chi connectivity index (χ2v) is 7.64. The van der Waals surface area contributed by atoms with Gasteiger partial charge < -0.3 is 14.6 Å². The monoisotopic (exact) mass is 491 g/mol. The molecule has 0 bridgehead atoms. The number of hydrogen-bond acceptors (Lipinski definition) is 7. The van der Waals surface area contributed by atoms with Gasteiger partial charge in [-0.3, -0.25) is 4.98 Å². The summed E-state index contributed by atoms with van der Waals surface area (Å²) >= 11 is 1.83. The smallest absolute Gasteiger partial charge is 0.222 e. The first kappa shape index (κ1) is 28.5. The zero-order valence-corrected chi connectivity index (χ0v) is 20.3. The van der Waals surface area contributed by atoms with Crippen LogP contribution < -0.4 is 5.32 Å². The van der Waals surface area contributed by atoms with Crippen molar-refractivity contribution in [3.63, 3.8) is 0 Å². The number of halogens is 3. The number of nitrogens with one attached hydrogen (secondary N) is 1. The first-order valence-electron chi connectivity index (χ1n) is 8.93. The molecule has 30 heavy (non-hydrogen) atoms. The second kappa shape index (κ2) is 15.3. The fraction of sp³-hybridized carbons (Fsp3) is 0.350. The molecule has 0 saturated carbocycles. The minimum Gasteiger partial charge on any atom is -0.464 e. The third-order valence-electron chi connectivity index (χ3n) is 3.80. The normalized spacial score (nSPS) is 9.97.